The summed E-state index contributed by atoms with van der Waals surface area (Å²) in [7, 11) is 0. The summed E-state index contributed by atoms with van der Waals surface area (Å²) in [5.41, 5.74) is 0.120. The van der Waals surface area contributed by atoms with Crippen LogP contribution in [0.1, 0.15) is 26.3 Å². The van der Waals surface area contributed by atoms with E-state index in [0.717, 1.165) is 0 Å². The largest absolute Gasteiger partial charge is 0.478 e. The molecule has 0 heterocycles. The van der Waals surface area contributed by atoms with E-state index in [4.69, 9.17) is 5.11 Å². The Morgan fingerprint density at radius 1 is 1.09 bits per heavy atom. The molecule has 1 amide bonds. The number of benzene rings is 2. The number of carboxylic acid groups (broad SMARTS) is 1. The van der Waals surface area contributed by atoms with Gasteiger partial charge in [-0.3, -0.25) is 14.9 Å². The van der Waals surface area contributed by atoms with Crippen LogP contribution in [-0.4, -0.2) is 21.9 Å². The number of aromatic carboxylic acids is 1. The predicted molar refractivity (Wildman–Crippen MR) is 79.2 cm³/mol. The monoisotopic (exact) mass is 300 g/mol. The molecule has 112 valence electrons. The number of rotatable bonds is 4. The molecule has 22 heavy (non-hydrogen) atoms. The molecule has 0 saturated carbocycles. The lowest BCUT2D eigenvalue weighted by Gasteiger charge is -2.11. The highest BCUT2D eigenvalue weighted by atomic mass is 16.6. The van der Waals surface area contributed by atoms with Crippen molar-refractivity contribution in [3.8, 4) is 0 Å². The normalized spacial score (nSPS) is 10.0. The van der Waals surface area contributed by atoms with E-state index >= 15 is 0 Å². The third-order valence-electron chi connectivity index (χ3n) is 3.09. The molecule has 0 aliphatic carbocycles. The number of amides is 1. The first-order chi connectivity index (χ1) is 10.4. The molecule has 0 saturated heterocycles. The number of aryl methyl sites for hydroxylation is 1. The molecule has 2 N–H and O–H groups in total. The summed E-state index contributed by atoms with van der Waals surface area (Å²) in [4.78, 5) is 33.8. The number of anilines is 1. The van der Waals surface area contributed by atoms with Crippen molar-refractivity contribution in [1.82, 2.24) is 0 Å². The van der Waals surface area contributed by atoms with Gasteiger partial charge in [0.2, 0.25) is 0 Å². The van der Waals surface area contributed by atoms with Crippen LogP contribution in [0.3, 0.4) is 0 Å². The maximum Gasteiger partial charge on any atom is 0.337 e. The molecule has 7 nitrogen and oxygen atoms in total. The van der Waals surface area contributed by atoms with Crippen LogP contribution in [-0.2, 0) is 0 Å². The third kappa shape index (κ3) is 2.93. The first kappa shape index (κ1) is 15.2. The zero-order chi connectivity index (χ0) is 16.3. The van der Waals surface area contributed by atoms with E-state index in [0.29, 0.717) is 5.56 Å². The molecule has 2 aromatic carbocycles. The number of carbonyl (C=O) groups is 2. The maximum atomic E-state index is 12.3. The molecule has 0 bridgehead atoms. The fraction of sp³-hybridized carbons (Fsp3) is 0.0667. The molecular formula is C15H12N2O5. The number of hydrogen-bond donors (Lipinski definition) is 2. The van der Waals surface area contributed by atoms with Crippen molar-refractivity contribution in [3.63, 3.8) is 0 Å². The molecule has 0 aliphatic heterocycles. The van der Waals surface area contributed by atoms with Crippen molar-refractivity contribution < 1.29 is 19.6 Å². The topological polar surface area (TPSA) is 110 Å². The second-order valence-electron chi connectivity index (χ2n) is 4.53. The highest BCUT2D eigenvalue weighted by Gasteiger charge is 2.21. The number of para-hydroxylation sites is 2. The minimum atomic E-state index is -1.19. The van der Waals surface area contributed by atoms with Crippen LogP contribution in [0.5, 0.6) is 0 Å². The van der Waals surface area contributed by atoms with E-state index in [2.05, 4.69) is 5.32 Å². The fourth-order valence-corrected chi connectivity index (χ4v) is 2.02. The molecule has 2 aromatic rings. The Bertz CT molecular complexity index is 770. The predicted octanol–water partition coefficient (Wildman–Crippen LogP) is 2.85. The average Bonchev–Trinajstić information content (AvgIpc) is 2.48. The summed E-state index contributed by atoms with van der Waals surface area (Å²) in [6, 6.07) is 10.0. The summed E-state index contributed by atoms with van der Waals surface area (Å²) in [6.07, 6.45) is 0. The van der Waals surface area contributed by atoms with E-state index < -0.39 is 16.8 Å². The lowest BCUT2D eigenvalue weighted by Crippen LogP contribution is -2.17. The van der Waals surface area contributed by atoms with Crippen LogP contribution in [0, 0.1) is 17.0 Å². The Morgan fingerprint density at radius 2 is 1.73 bits per heavy atom. The molecule has 2 rings (SSSR count). The van der Waals surface area contributed by atoms with Crippen LogP contribution in [0.2, 0.25) is 0 Å². The SMILES string of the molecule is Cc1cccc(C(=O)O)c1NC(=O)c1ccccc1[N+](=O)[O-]. The van der Waals surface area contributed by atoms with E-state index in [1.165, 1.54) is 30.3 Å². The lowest BCUT2D eigenvalue weighted by molar-refractivity contribution is -0.385. The number of nitro benzene ring substituents is 1. The standard InChI is InChI=1S/C15H12N2O5/c1-9-5-4-7-11(15(19)20)13(9)16-14(18)10-6-2-3-8-12(10)17(21)22/h2-8H,1H3,(H,16,18)(H,19,20). The molecule has 0 atom stereocenters. The Hall–Kier alpha value is -3.22. The Balaban J connectivity index is 2.43. The van der Waals surface area contributed by atoms with Crippen LogP contribution in [0.15, 0.2) is 42.5 Å². The second kappa shape index (κ2) is 6.04. The van der Waals surface area contributed by atoms with Crippen molar-refractivity contribution in [3.05, 3.63) is 69.3 Å². The van der Waals surface area contributed by atoms with Gasteiger partial charge in [-0.25, -0.2) is 4.79 Å². The van der Waals surface area contributed by atoms with Gasteiger partial charge in [0.05, 0.1) is 16.2 Å². The molecule has 0 fully saturated rings. The van der Waals surface area contributed by atoms with E-state index in [1.807, 2.05) is 0 Å². The van der Waals surface area contributed by atoms with Crippen molar-refractivity contribution >= 4 is 23.3 Å². The summed E-state index contributed by atoms with van der Waals surface area (Å²) >= 11 is 0. The highest BCUT2D eigenvalue weighted by molar-refractivity contribution is 6.10. The number of hydrogen-bond acceptors (Lipinski definition) is 4. The molecule has 7 heteroatoms. The quantitative estimate of drug-likeness (QED) is 0.666. The minimum absolute atomic E-state index is 0.0769. The van der Waals surface area contributed by atoms with Gasteiger partial charge in [0.15, 0.2) is 0 Å². The van der Waals surface area contributed by atoms with E-state index in [9.17, 15) is 19.7 Å². The summed E-state index contributed by atoms with van der Waals surface area (Å²) in [5, 5.41) is 22.6. The number of nitrogens with zero attached hydrogens (tertiary/aromatic N) is 1. The Labute approximate surface area is 125 Å². The fourth-order valence-electron chi connectivity index (χ4n) is 2.02. The van der Waals surface area contributed by atoms with Gasteiger partial charge in [-0.15, -0.1) is 0 Å². The van der Waals surface area contributed by atoms with Gasteiger partial charge in [0, 0.05) is 6.07 Å². The van der Waals surface area contributed by atoms with Crippen molar-refractivity contribution in [2.45, 2.75) is 6.92 Å². The second-order valence-corrected chi connectivity index (χ2v) is 4.53. The zero-order valence-electron chi connectivity index (χ0n) is 11.6. The molecule has 0 aliphatic rings. The first-order valence-corrected chi connectivity index (χ1v) is 6.29. The summed E-state index contributed by atoms with van der Waals surface area (Å²) in [5.74, 6) is -1.93. The Kier molecular flexibility index (Phi) is 4.17. The van der Waals surface area contributed by atoms with Gasteiger partial charge in [-0.05, 0) is 24.6 Å². The molecule has 0 radical (unpaired) electrons. The van der Waals surface area contributed by atoms with Crippen LogP contribution in [0.25, 0.3) is 0 Å². The van der Waals surface area contributed by atoms with Gasteiger partial charge >= 0.3 is 5.97 Å². The van der Waals surface area contributed by atoms with Crippen LogP contribution < -0.4 is 5.32 Å². The summed E-state index contributed by atoms with van der Waals surface area (Å²) < 4.78 is 0. The van der Waals surface area contributed by atoms with Crippen molar-refractivity contribution in [1.29, 1.82) is 0 Å². The first-order valence-electron chi connectivity index (χ1n) is 6.29. The Morgan fingerprint density at radius 3 is 2.36 bits per heavy atom. The number of nitrogens with one attached hydrogen (secondary N) is 1. The van der Waals surface area contributed by atoms with Gasteiger partial charge < -0.3 is 10.4 Å². The van der Waals surface area contributed by atoms with Gasteiger partial charge in [-0.2, -0.15) is 0 Å². The number of nitro groups is 1. The van der Waals surface area contributed by atoms with Crippen LogP contribution in [0.4, 0.5) is 11.4 Å². The van der Waals surface area contributed by atoms with Crippen molar-refractivity contribution in [2.75, 3.05) is 5.32 Å². The lowest BCUT2D eigenvalue weighted by atomic mass is 10.1. The molecular weight excluding hydrogens is 288 g/mol. The smallest absolute Gasteiger partial charge is 0.337 e. The van der Waals surface area contributed by atoms with E-state index in [-0.39, 0.29) is 22.5 Å². The third-order valence-corrected chi connectivity index (χ3v) is 3.09. The highest BCUT2D eigenvalue weighted by Crippen LogP contribution is 2.24. The molecule has 0 unspecified atom stereocenters. The van der Waals surface area contributed by atoms with Gasteiger partial charge in [0.1, 0.15) is 5.56 Å². The van der Waals surface area contributed by atoms with Crippen LogP contribution >= 0.6 is 0 Å². The van der Waals surface area contributed by atoms with Gasteiger partial charge in [-0.1, -0.05) is 24.3 Å². The minimum Gasteiger partial charge on any atom is -0.478 e. The van der Waals surface area contributed by atoms with Gasteiger partial charge in [0.25, 0.3) is 11.6 Å². The molecule has 0 aromatic heterocycles. The zero-order valence-corrected chi connectivity index (χ0v) is 11.6. The molecule has 0 spiro atoms. The number of carbonyl (C=O) groups excluding carboxylic acids is 1. The maximum absolute atomic E-state index is 12.3. The summed E-state index contributed by atoms with van der Waals surface area (Å²) in [6.45, 7) is 1.64. The average molecular weight is 300 g/mol. The van der Waals surface area contributed by atoms with E-state index in [1.54, 1.807) is 19.1 Å². The number of carboxylic acids is 1. The van der Waals surface area contributed by atoms with Crippen molar-refractivity contribution in [2.24, 2.45) is 0 Å².